The zero-order valence-corrected chi connectivity index (χ0v) is 40.2. The molecule has 0 N–H and O–H groups in total. The monoisotopic (exact) mass is 841 g/mol. The van der Waals surface area contributed by atoms with E-state index >= 15 is 0 Å². The molecule has 350 valence electrons. The quantitative estimate of drug-likeness (QED) is 0.0347. The Kier molecular flexibility index (Phi) is 49.4. The Balaban J connectivity index is 4.24. The zero-order valence-electron chi connectivity index (χ0n) is 40.2. The molecule has 1 unspecified atom stereocenters. The maximum Gasteiger partial charge on any atom is 0.306 e. The summed E-state index contributed by atoms with van der Waals surface area (Å²) in [6, 6.07) is 0. The Hall–Kier alpha value is -2.14. The van der Waals surface area contributed by atoms with E-state index in [1.54, 1.807) is 0 Å². The number of unbranched alkanes of at least 4 members (excludes halogenated alkanes) is 29. The van der Waals surface area contributed by atoms with Gasteiger partial charge in [-0.1, -0.05) is 204 Å². The summed E-state index contributed by atoms with van der Waals surface area (Å²) in [5.74, 6) is -0.412. The van der Waals surface area contributed by atoms with E-state index in [9.17, 15) is 9.59 Å². The summed E-state index contributed by atoms with van der Waals surface area (Å²) in [5, 5.41) is 0. The van der Waals surface area contributed by atoms with Gasteiger partial charge in [-0.25, -0.2) is 0 Å². The van der Waals surface area contributed by atoms with Crippen LogP contribution >= 0.6 is 0 Å². The molecule has 0 aliphatic rings. The van der Waals surface area contributed by atoms with E-state index in [0.29, 0.717) is 19.4 Å². The molecule has 0 aromatic rings. The normalized spacial score (nSPS) is 12.5. The Morgan fingerprint density at radius 1 is 0.367 bits per heavy atom. The van der Waals surface area contributed by atoms with Gasteiger partial charge in [-0.15, -0.1) is 0 Å². The average Bonchev–Trinajstić information content (AvgIpc) is 3.25. The van der Waals surface area contributed by atoms with Crippen molar-refractivity contribution < 1.29 is 23.8 Å². The molecular formula is C55H100O5. The number of carbonyl (C=O) groups is 2. The lowest BCUT2D eigenvalue weighted by Crippen LogP contribution is -2.30. The molecule has 5 nitrogen and oxygen atoms in total. The van der Waals surface area contributed by atoms with E-state index in [1.807, 2.05) is 0 Å². The van der Waals surface area contributed by atoms with Crippen LogP contribution in [0.25, 0.3) is 0 Å². The Morgan fingerprint density at radius 2 is 0.717 bits per heavy atom. The van der Waals surface area contributed by atoms with Crippen LogP contribution in [0.2, 0.25) is 0 Å². The van der Waals surface area contributed by atoms with Gasteiger partial charge in [0.15, 0.2) is 6.10 Å². The van der Waals surface area contributed by atoms with Crippen molar-refractivity contribution in [3.05, 3.63) is 48.6 Å². The third-order valence-corrected chi connectivity index (χ3v) is 11.3. The summed E-state index contributed by atoms with van der Waals surface area (Å²) < 4.78 is 17.4. The fourth-order valence-electron chi connectivity index (χ4n) is 7.34. The first-order valence-corrected chi connectivity index (χ1v) is 26.2. The molecule has 0 saturated carbocycles. The van der Waals surface area contributed by atoms with E-state index in [-0.39, 0.29) is 25.2 Å². The van der Waals surface area contributed by atoms with Crippen LogP contribution in [0.3, 0.4) is 0 Å². The topological polar surface area (TPSA) is 61.8 Å². The number of esters is 2. The van der Waals surface area contributed by atoms with Crippen molar-refractivity contribution in [2.75, 3.05) is 19.8 Å². The molecular weight excluding hydrogens is 741 g/mol. The Bertz CT molecular complexity index is 997. The van der Waals surface area contributed by atoms with Gasteiger partial charge in [0.25, 0.3) is 0 Å². The van der Waals surface area contributed by atoms with Gasteiger partial charge in [-0.3, -0.25) is 9.59 Å². The number of carbonyl (C=O) groups excluding carboxylic acids is 2. The minimum absolute atomic E-state index is 0.0768. The first kappa shape index (κ1) is 57.9. The van der Waals surface area contributed by atoms with E-state index < -0.39 is 6.10 Å². The molecule has 0 rings (SSSR count). The fourth-order valence-corrected chi connectivity index (χ4v) is 7.34. The highest BCUT2D eigenvalue weighted by atomic mass is 16.6. The minimum Gasteiger partial charge on any atom is -0.462 e. The number of hydrogen-bond acceptors (Lipinski definition) is 5. The summed E-state index contributed by atoms with van der Waals surface area (Å²) in [4.78, 5) is 25.4. The van der Waals surface area contributed by atoms with E-state index in [4.69, 9.17) is 14.2 Å². The Labute approximate surface area is 373 Å². The summed E-state index contributed by atoms with van der Waals surface area (Å²) in [6.07, 6.45) is 62.6. The second-order valence-corrected chi connectivity index (χ2v) is 17.4. The zero-order chi connectivity index (χ0) is 43.5. The van der Waals surface area contributed by atoms with Crippen LogP contribution < -0.4 is 0 Å². The SMILES string of the molecule is CCCC/C=C\CCCCCCCC(=O)OC(COCCCCCCCC/C=C\C/C=C\CCCCC)COC(=O)CCCCCCCCC/C=C\CCCCCCCC. The largest absolute Gasteiger partial charge is 0.462 e. The van der Waals surface area contributed by atoms with Crippen molar-refractivity contribution in [1.29, 1.82) is 0 Å². The van der Waals surface area contributed by atoms with Crippen LogP contribution in [0.4, 0.5) is 0 Å². The molecule has 0 fully saturated rings. The van der Waals surface area contributed by atoms with Crippen molar-refractivity contribution in [2.24, 2.45) is 0 Å². The maximum atomic E-state index is 12.8. The van der Waals surface area contributed by atoms with Crippen molar-refractivity contribution in [3.63, 3.8) is 0 Å². The summed E-state index contributed by atoms with van der Waals surface area (Å²) in [7, 11) is 0. The standard InChI is InChI=1S/C55H100O5/c1-4-7-10-13-16-19-22-24-26-28-29-31-34-36-39-42-45-48-54(56)59-52-53(60-55(57)49-46-43-40-37-33-21-18-15-12-9-6-3)51-58-50-47-44-41-38-35-32-30-27-25-23-20-17-14-11-8-5-2/h15,17-18,20,24-27,53H,4-14,16,19,21-23,28-52H2,1-3H3/b18-15-,20-17-,26-24-,27-25-. The lowest BCUT2D eigenvalue weighted by atomic mass is 10.1. The molecule has 0 bridgehead atoms. The van der Waals surface area contributed by atoms with Crippen LogP contribution in [-0.2, 0) is 23.8 Å². The van der Waals surface area contributed by atoms with Gasteiger partial charge < -0.3 is 14.2 Å². The minimum atomic E-state index is -0.545. The van der Waals surface area contributed by atoms with E-state index in [2.05, 4.69) is 69.4 Å². The Morgan fingerprint density at radius 3 is 1.20 bits per heavy atom. The average molecular weight is 841 g/mol. The molecule has 0 saturated heterocycles. The number of rotatable bonds is 48. The van der Waals surface area contributed by atoms with Gasteiger partial charge in [0.2, 0.25) is 0 Å². The molecule has 1 atom stereocenters. The molecule has 0 spiro atoms. The van der Waals surface area contributed by atoms with Gasteiger partial charge in [0.05, 0.1) is 6.61 Å². The second-order valence-electron chi connectivity index (χ2n) is 17.4. The molecule has 0 amide bonds. The lowest BCUT2D eigenvalue weighted by Gasteiger charge is -2.18. The lowest BCUT2D eigenvalue weighted by molar-refractivity contribution is -0.163. The van der Waals surface area contributed by atoms with Crippen LogP contribution in [0, 0.1) is 0 Å². The van der Waals surface area contributed by atoms with Gasteiger partial charge in [0.1, 0.15) is 6.61 Å². The molecule has 0 aromatic heterocycles. The van der Waals surface area contributed by atoms with Gasteiger partial charge in [-0.05, 0) is 96.3 Å². The first-order chi connectivity index (χ1) is 29.6. The van der Waals surface area contributed by atoms with E-state index in [1.165, 1.54) is 173 Å². The summed E-state index contributed by atoms with van der Waals surface area (Å²) in [5.41, 5.74) is 0. The van der Waals surface area contributed by atoms with Crippen molar-refractivity contribution in [2.45, 2.75) is 271 Å². The predicted molar refractivity (Wildman–Crippen MR) is 261 cm³/mol. The van der Waals surface area contributed by atoms with Gasteiger partial charge >= 0.3 is 11.9 Å². The third-order valence-electron chi connectivity index (χ3n) is 11.3. The smallest absolute Gasteiger partial charge is 0.306 e. The predicted octanol–water partition coefficient (Wildman–Crippen LogP) is 17.6. The van der Waals surface area contributed by atoms with Crippen molar-refractivity contribution in [1.82, 2.24) is 0 Å². The number of hydrogen-bond donors (Lipinski definition) is 0. The maximum absolute atomic E-state index is 12.8. The third kappa shape index (κ3) is 48.5. The molecule has 60 heavy (non-hydrogen) atoms. The molecule has 0 aliphatic carbocycles. The fraction of sp³-hybridized carbons (Fsp3) is 0.818. The highest BCUT2D eigenvalue weighted by Crippen LogP contribution is 2.14. The summed E-state index contributed by atoms with van der Waals surface area (Å²) in [6.45, 7) is 7.75. The molecule has 0 heterocycles. The molecule has 5 heteroatoms. The highest BCUT2D eigenvalue weighted by Gasteiger charge is 2.17. The van der Waals surface area contributed by atoms with Crippen molar-refractivity contribution in [3.8, 4) is 0 Å². The van der Waals surface area contributed by atoms with Crippen LogP contribution in [0.15, 0.2) is 48.6 Å². The van der Waals surface area contributed by atoms with Crippen LogP contribution in [0.5, 0.6) is 0 Å². The van der Waals surface area contributed by atoms with Gasteiger partial charge in [-0.2, -0.15) is 0 Å². The molecule has 0 aliphatic heterocycles. The number of allylic oxidation sites excluding steroid dienone is 8. The number of ether oxygens (including phenoxy) is 3. The molecule has 0 radical (unpaired) electrons. The van der Waals surface area contributed by atoms with Crippen LogP contribution in [0.1, 0.15) is 265 Å². The van der Waals surface area contributed by atoms with Crippen molar-refractivity contribution >= 4 is 11.9 Å². The second kappa shape index (κ2) is 51.2. The summed E-state index contributed by atoms with van der Waals surface area (Å²) >= 11 is 0. The molecule has 0 aromatic carbocycles. The van der Waals surface area contributed by atoms with Gasteiger partial charge in [0, 0.05) is 19.4 Å². The van der Waals surface area contributed by atoms with Crippen LogP contribution in [-0.4, -0.2) is 37.9 Å². The highest BCUT2D eigenvalue weighted by molar-refractivity contribution is 5.70. The van der Waals surface area contributed by atoms with E-state index in [0.717, 1.165) is 57.8 Å². The first-order valence-electron chi connectivity index (χ1n) is 26.2.